The van der Waals surface area contributed by atoms with Crippen molar-refractivity contribution in [2.45, 2.75) is 45.7 Å². The number of nitrogens with one attached hydrogen (secondary N) is 1. The average Bonchev–Trinajstić information content (AvgIpc) is 2.02. The second kappa shape index (κ2) is 7.10. The topological polar surface area (TPSA) is 12.0 Å². The van der Waals surface area contributed by atoms with Crippen molar-refractivity contribution in [2.75, 3.05) is 13.1 Å². The van der Waals surface area contributed by atoms with Crippen LogP contribution in [0.15, 0.2) is 0 Å². The summed E-state index contributed by atoms with van der Waals surface area (Å²) in [6, 6.07) is 0. The summed E-state index contributed by atoms with van der Waals surface area (Å²) in [5.74, 6) is 0.561. The lowest BCUT2D eigenvalue weighted by molar-refractivity contribution is -0.135. The van der Waals surface area contributed by atoms with E-state index in [9.17, 15) is 13.2 Å². The third-order valence-electron chi connectivity index (χ3n) is 2.09. The highest BCUT2D eigenvalue weighted by molar-refractivity contribution is 4.58. The molecule has 14 heavy (non-hydrogen) atoms. The van der Waals surface area contributed by atoms with Crippen LogP contribution in [-0.4, -0.2) is 19.3 Å². The lowest BCUT2D eigenvalue weighted by Crippen LogP contribution is -2.23. The molecular weight excluding hydrogens is 191 g/mol. The summed E-state index contributed by atoms with van der Waals surface area (Å²) in [4.78, 5) is 0. The van der Waals surface area contributed by atoms with Gasteiger partial charge < -0.3 is 5.32 Å². The molecule has 0 aromatic carbocycles. The molecule has 1 nitrogen and oxygen atoms in total. The fraction of sp³-hybridized carbons (Fsp3) is 1.00. The fourth-order valence-corrected chi connectivity index (χ4v) is 1.36. The lowest BCUT2D eigenvalue weighted by Gasteiger charge is -2.11. The first-order valence-corrected chi connectivity index (χ1v) is 5.23. The Morgan fingerprint density at radius 1 is 1.29 bits per heavy atom. The second-order valence-electron chi connectivity index (χ2n) is 3.82. The van der Waals surface area contributed by atoms with Crippen LogP contribution in [0.25, 0.3) is 0 Å². The predicted octanol–water partition coefficient (Wildman–Crippen LogP) is 3.35. The molecule has 0 fully saturated rings. The standard InChI is InChI=1S/C10H20F3N/c1-3-5-9(2)8-14-7-4-6-10(11,12)13/h9,14H,3-8H2,1-2H3. The van der Waals surface area contributed by atoms with E-state index in [2.05, 4.69) is 19.2 Å². The fourth-order valence-electron chi connectivity index (χ4n) is 1.36. The summed E-state index contributed by atoms with van der Waals surface area (Å²) < 4.78 is 35.2. The van der Waals surface area contributed by atoms with Gasteiger partial charge in [0, 0.05) is 6.42 Å². The molecule has 86 valence electrons. The van der Waals surface area contributed by atoms with E-state index in [1.165, 1.54) is 0 Å². The van der Waals surface area contributed by atoms with Crippen LogP contribution in [0.5, 0.6) is 0 Å². The molecule has 0 radical (unpaired) electrons. The summed E-state index contributed by atoms with van der Waals surface area (Å²) in [6.07, 6.45) is -2.24. The Morgan fingerprint density at radius 2 is 1.93 bits per heavy atom. The highest BCUT2D eigenvalue weighted by atomic mass is 19.4. The van der Waals surface area contributed by atoms with E-state index >= 15 is 0 Å². The monoisotopic (exact) mass is 211 g/mol. The van der Waals surface area contributed by atoms with Crippen LogP contribution < -0.4 is 5.32 Å². The Bertz CT molecular complexity index is 134. The van der Waals surface area contributed by atoms with Gasteiger partial charge in [0.1, 0.15) is 0 Å². The molecular formula is C10H20F3N. The number of hydrogen-bond acceptors (Lipinski definition) is 1. The molecule has 0 rings (SSSR count). The van der Waals surface area contributed by atoms with E-state index in [1.54, 1.807) is 0 Å². The molecule has 0 aromatic rings. The molecule has 0 aromatic heterocycles. The lowest BCUT2D eigenvalue weighted by atomic mass is 10.1. The van der Waals surface area contributed by atoms with Gasteiger partial charge in [0.15, 0.2) is 0 Å². The summed E-state index contributed by atoms with van der Waals surface area (Å²) in [5, 5.41) is 3.04. The van der Waals surface area contributed by atoms with Crippen molar-refractivity contribution in [3.63, 3.8) is 0 Å². The van der Waals surface area contributed by atoms with Gasteiger partial charge in [0.25, 0.3) is 0 Å². The average molecular weight is 211 g/mol. The smallest absolute Gasteiger partial charge is 0.316 e. The van der Waals surface area contributed by atoms with Crippen molar-refractivity contribution in [3.05, 3.63) is 0 Å². The minimum Gasteiger partial charge on any atom is -0.316 e. The van der Waals surface area contributed by atoms with Gasteiger partial charge in [-0.15, -0.1) is 0 Å². The molecule has 0 aliphatic rings. The number of alkyl halides is 3. The molecule has 0 amide bonds. The minimum atomic E-state index is -4.00. The van der Waals surface area contributed by atoms with Gasteiger partial charge in [-0.05, 0) is 31.8 Å². The minimum absolute atomic E-state index is 0.183. The van der Waals surface area contributed by atoms with Crippen LogP contribution in [-0.2, 0) is 0 Å². The van der Waals surface area contributed by atoms with Crippen molar-refractivity contribution in [1.29, 1.82) is 0 Å². The SMILES string of the molecule is CCCC(C)CNCCCC(F)(F)F. The van der Waals surface area contributed by atoms with Crippen molar-refractivity contribution in [3.8, 4) is 0 Å². The molecule has 0 heterocycles. The first kappa shape index (κ1) is 13.8. The Labute approximate surface area is 84.1 Å². The van der Waals surface area contributed by atoms with E-state index in [4.69, 9.17) is 0 Å². The maximum Gasteiger partial charge on any atom is 0.389 e. The summed E-state index contributed by atoms with van der Waals surface area (Å²) in [6.45, 7) is 5.51. The predicted molar refractivity (Wildman–Crippen MR) is 52.2 cm³/mol. The first-order chi connectivity index (χ1) is 6.45. The van der Waals surface area contributed by atoms with E-state index in [1.807, 2.05) is 0 Å². The molecule has 0 saturated heterocycles. The van der Waals surface area contributed by atoms with Gasteiger partial charge >= 0.3 is 6.18 Å². The summed E-state index contributed by atoms with van der Waals surface area (Å²) in [5.41, 5.74) is 0. The summed E-state index contributed by atoms with van der Waals surface area (Å²) in [7, 11) is 0. The van der Waals surface area contributed by atoms with Gasteiger partial charge in [-0.3, -0.25) is 0 Å². The van der Waals surface area contributed by atoms with Crippen LogP contribution in [0.2, 0.25) is 0 Å². The van der Waals surface area contributed by atoms with Gasteiger partial charge in [-0.25, -0.2) is 0 Å². The molecule has 0 aliphatic carbocycles. The van der Waals surface area contributed by atoms with Gasteiger partial charge in [-0.2, -0.15) is 13.2 Å². The van der Waals surface area contributed by atoms with Gasteiger partial charge in [-0.1, -0.05) is 20.3 Å². The highest BCUT2D eigenvalue weighted by Gasteiger charge is 2.25. The normalized spacial score (nSPS) is 14.4. The number of hydrogen-bond donors (Lipinski definition) is 1. The maximum atomic E-state index is 11.7. The van der Waals surface area contributed by atoms with E-state index in [0.29, 0.717) is 12.5 Å². The van der Waals surface area contributed by atoms with E-state index < -0.39 is 12.6 Å². The maximum absolute atomic E-state index is 11.7. The zero-order valence-corrected chi connectivity index (χ0v) is 8.95. The van der Waals surface area contributed by atoms with Crippen molar-refractivity contribution in [1.82, 2.24) is 5.32 Å². The Hall–Kier alpha value is -0.250. The molecule has 1 unspecified atom stereocenters. The quantitative estimate of drug-likeness (QED) is 0.637. The molecule has 0 saturated carbocycles. The van der Waals surface area contributed by atoms with Crippen LogP contribution >= 0.6 is 0 Å². The molecule has 1 N–H and O–H groups in total. The zero-order valence-electron chi connectivity index (χ0n) is 8.95. The number of halogens is 3. The number of rotatable bonds is 7. The Balaban J connectivity index is 3.21. The van der Waals surface area contributed by atoms with Crippen LogP contribution in [0.4, 0.5) is 13.2 Å². The third-order valence-corrected chi connectivity index (χ3v) is 2.09. The van der Waals surface area contributed by atoms with Crippen LogP contribution in [0.1, 0.15) is 39.5 Å². The van der Waals surface area contributed by atoms with Crippen molar-refractivity contribution < 1.29 is 13.2 Å². The molecule has 4 heteroatoms. The van der Waals surface area contributed by atoms with Gasteiger partial charge in [0.05, 0.1) is 0 Å². The molecule has 0 aliphatic heterocycles. The highest BCUT2D eigenvalue weighted by Crippen LogP contribution is 2.20. The molecule has 0 spiro atoms. The Kier molecular flexibility index (Phi) is 6.97. The van der Waals surface area contributed by atoms with Gasteiger partial charge in [0.2, 0.25) is 0 Å². The van der Waals surface area contributed by atoms with E-state index in [0.717, 1.165) is 19.4 Å². The first-order valence-electron chi connectivity index (χ1n) is 5.23. The molecule has 0 bridgehead atoms. The van der Waals surface area contributed by atoms with Crippen molar-refractivity contribution in [2.24, 2.45) is 5.92 Å². The third kappa shape index (κ3) is 9.84. The Morgan fingerprint density at radius 3 is 2.43 bits per heavy atom. The second-order valence-corrected chi connectivity index (χ2v) is 3.82. The van der Waals surface area contributed by atoms with Crippen molar-refractivity contribution >= 4 is 0 Å². The van der Waals surface area contributed by atoms with E-state index in [-0.39, 0.29) is 6.42 Å². The largest absolute Gasteiger partial charge is 0.389 e. The molecule has 1 atom stereocenters. The zero-order chi connectivity index (χ0) is 11.0. The van der Waals surface area contributed by atoms with Crippen LogP contribution in [0.3, 0.4) is 0 Å². The summed E-state index contributed by atoms with van der Waals surface area (Å²) >= 11 is 0. The van der Waals surface area contributed by atoms with Crippen LogP contribution in [0, 0.1) is 5.92 Å².